The fraction of sp³-hybridized carbons (Fsp3) is 0.632. The number of pyridine rings is 1. The first-order chi connectivity index (χ1) is 12.2. The van der Waals surface area contributed by atoms with Crippen LogP contribution in [0.2, 0.25) is 0 Å². The maximum atomic E-state index is 12.4. The van der Waals surface area contributed by atoms with Gasteiger partial charge in [0.2, 0.25) is 11.8 Å². The quantitative estimate of drug-likeness (QED) is 0.804. The molecule has 0 bridgehead atoms. The second-order valence-corrected chi connectivity index (χ2v) is 6.85. The van der Waals surface area contributed by atoms with Crippen molar-refractivity contribution in [3.05, 3.63) is 24.4 Å². The molecule has 2 fully saturated rings. The first-order valence-electron chi connectivity index (χ1n) is 9.45. The SMILES string of the molecule is Cl.O=C(CCC(=O)N1CCN(c2ccccn2)CC1)N1CCCCCC1. The van der Waals surface area contributed by atoms with Gasteiger partial charge < -0.3 is 14.7 Å². The summed E-state index contributed by atoms with van der Waals surface area (Å²) in [5.41, 5.74) is 0. The van der Waals surface area contributed by atoms with Crippen LogP contribution >= 0.6 is 12.4 Å². The zero-order chi connectivity index (χ0) is 17.5. The summed E-state index contributed by atoms with van der Waals surface area (Å²) in [6.07, 6.45) is 7.08. The van der Waals surface area contributed by atoms with Crippen LogP contribution in [0.4, 0.5) is 5.82 Å². The second kappa shape index (κ2) is 10.4. The normalized spacial score (nSPS) is 18.1. The number of aromatic nitrogens is 1. The van der Waals surface area contributed by atoms with Gasteiger partial charge in [0.05, 0.1) is 0 Å². The number of rotatable bonds is 4. The first kappa shape index (κ1) is 20.5. The number of likely N-dealkylation sites (tertiary alicyclic amines) is 1. The predicted octanol–water partition coefficient (Wildman–Crippen LogP) is 2.33. The van der Waals surface area contributed by atoms with Crippen molar-refractivity contribution in [2.45, 2.75) is 38.5 Å². The molecule has 0 radical (unpaired) electrons. The molecule has 2 aliphatic rings. The fourth-order valence-electron chi connectivity index (χ4n) is 3.58. The number of hydrogen-bond acceptors (Lipinski definition) is 4. The summed E-state index contributed by atoms with van der Waals surface area (Å²) in [4.78, 5) is 35.1. The Labute approximate surface area is 162 Å². The Morgan fingerprint density at radius 2 is 1.38 bits per heavy atom. The van der Waals surface area contributed by atoms with Crippen LogP contribution in [-0.4, -0.2) is 65.9 Å². The second-order valence-electron chi connectivity index (χ2n) is 6.85. The third-order valence-electron chi connectivity index (χ3n) is 5.12. The van der Waals surface area contributed by atoms with E-state index in [1.807, 2.05) is 28.0 Å². The maximum absolute atomic E-state index is 12.4. The first-order valence-corrected chi connectivity index (χ1v) is 9.45. The molecular formula is C19H29ClN4O2. The van der Waals surface area contributed by atoms with Crippen LogP contribution in [-0.2, 0) is 9.59 Å². The molecule has 0 saturated carbocycles. The number of carbonyl (C=O) groups is 2. The Balaban J connectivity index is 0.00000243. The van der Waals surface area contributed by atoms with E-state index in [0.717, 1.165) is 44.8 Å². The minimum absolute atomic E-state index is 0. The van der Waals surface area contributed by atoms with Crippen LogP contribution in [0.1, 0.15) is 38.5 Å². The Morgan fingerprint density at radius 3 is 1.92 bits per heavy atom. The number of nitrogens with zero attached hydrogens (tertiary/aromatic N) is 4. The third-order valence-corrected chi connectivity index (χ3v) is 5.12. The van der Waals surface area contributed by atoms with Gasteiger partial charge in [0.1, 0.15) is 5.82 Å². The maximum Gasteiger partial charge on any atom is 0.223 e. The van der Waals surface area contributed by atoms with Gasteiger partial charge in [-0.3, -0.25) is 9.59 Å². The standard InChI is InChI=1S/C19H28N4O2.ClH/c24-18(22-11-5-1-2-6-12-22)8-9-19(25)23-15-13-21(14-16-23)17-7-3-4-10-20-17;/h3-4,7,10H,1-2,5-6,8-9,11-16H2;1H. The van der Waals surface area contributed by atoms with Crippen LogP contribution in [0.3, 0.4) is 0 Å². The molecule has 3 rings (SSSR count). The zero-order valence-corrected chi connectivity index (χ0v) is 16.1. The minimum atomic E-state index is 0. The van der Waals surface area contributed by atoms with E-state index in [9.17, 15) is 9.59 Å². The Morgan fingerprint density at radius 1 is 0.808 bits per heavy atom. The van der Waals surface area contributed by atoms with E-state index < -0.39 is 0 Å². The van der Waals surface area contributed by atoms with Crippen molar-refractivity contribution in [2.75, 3.05) is 44.2 Å². The van der Waals surface area contributed by atoms with E-state index in [-0.39, 0.29) is 24.2 Å². The van der Waals surface area contributed by atoms with Crippen LogP contribution in [0, 0.1) is 0 Å². The van der Waals surface area contributed by atoms with E-state index in [4.69, 9.17) is 0 Å². The largest absolute Gasteiger partial charge is 0.353 e. The van der Waals surface area contributed by atoms with Crippen molar-refractivity contribution in [3.63, 3.8) is 0 Å². The lowest BCUT2D eigenvalue weighted by Gasteiger charge is -2.35. The van der Waals surface area contributed by atoms with Crippen LogP contribution < -0.4 is 4.90 Å². The number of halogens is 1. The summed E-state index contributed by atoms with van der Waals surface area (Å²) in [5.74, 6) is 1.21. The van der Waals surface area contributed by atoms with Crippen molar-refractivity contribution in [1.82, 2.24) is 14.8 Å². The monoisotopic (exact) mass is 380 g/mol. The molecule has 0 atom stereocenters. The molecule has 0 N–H and O–H groups in total. The van der Waals surface area contributed by atoms with Crippen LogP contribution in [0.5, 0.6) is 0 Å². The topological polar surface area (TPSA) is 56.8 Å². The number of carbonyl (C=O) groups excluding carboxylic acids is 2. The number of hydrogen-bond donors (Lipinski definition) is 0. The Kier molecular flexibility index (Phi) is 8.16. The fourth-order valence-corrected chi connectivity index (χ4v) is 3.58. The highest BCUT2D eigenvalue weighted by Crippen LogP contribution is 2.15. The lowest BCUT2D eigenvalue weighted by atomic mass is 10.2. The summed E-state index contributed by atoms with van der Waals surface area (Å²) in [6, 6.07) is 5.89. The lowest BCUT2D eigenvalue weighted by molar-refractivity contribution is -0.137. The number of piperazine rings is 1. The smallest absolute Gasteiger partial charge is 0.223 e. The van der Waals surface area contributed by atoms with E-state index >= 15 is 0 Å². The molecular weight excluding hydrogens is 352 g/mol. The van der Waals surface area contributed by atoms with Gasteiger partial charge in [-0.1, -0.05) is 18.9 Å². The Bertz CT molecular complexity index is 568. The average molecular weight is 381 g/mol. The van der Waals surface area contributed by atoms with Gasteiger partial charge in [-0.2, -0.15) is 0 Å². The van der Waals surface area contributed by atoms with E-state index in [1.54, 1.807) is 6.20 Å². The van der Waals surface area contributed by atoms with Gasteiger partial charge in [0, 0.05) is 58.3 Å². The Hall–Kier alpha value is -1.82. The van der Waals surface area contributed by atoms with Gasteiger partial charge in [0.25, 0.3) is 0 Å². The molecule has 2 saturated heterocycles. The van der Waals surface area contributed by atoms with Gasteiger partial charge in [-0.15, -0.1) is 12.4 Å². The van der Waals surface area contributed by atoms with Gasteiger partial charge in [-0.05, 0) is 25.0 Å². The van der Waals surface area contributed by atoms with Gasteiger partial charge in [0.15, 0.2) is 0 Å². The minimum Gasteiger partial charge on any atom is -0.353 e. The molecule has 2 amide bonds. The molecule has 1 aromatic heterocycles. The van der Waals surface area contributed by atoms with Gasteiger partial charge >= 0.3 is 0 Å². The molecule has 144 valence electrons. The molecule has 0 aromatic carbocycles. The molecule has 0 unspecified atom stereocenters. The van der Waals surface area contributed by atoms with Crippen molar-refractivity contribution in [1.29, 1.82) is 0 Å². The highest BCUT2D eigenvalue weighted by molar-refractivity contribution is 5.85. The van der Waals surface area contributed by atoms with Crippen molar-refractivity contribution < 1.29 is 9.59 Å². The van der Waals surface area contributed by atoms with Gasteiger partial charge in [-0.25, -0.2) is 4.98 Å². The molecule has 2 aliphatic heterocycles. The summed E-state index contributed by atoms with van der Waals surface area (Å²) >= 11 is 0. The zero-order valence-electron chi connectivity index (χ0n) is 15.3. The van der Waals surface area contributed by atoms with Crippen LogP contribution in [0.25, 0.3) is 0 Å². The summed E-state index contributed by atoms with van der Waals surface area (Å²) in [5, 5.41) is 0. The van der Waals surface area contributed by atoms with E-state index in [1.165, 1.54) is 12.8 Å². The van der Waals surface area contributed by atoms with Crippen LogP contribution in [0.15, 0.2) is 24.4 Å². The van der Waals surface area contributed by atoms with E-state index in [0.29, 0.717) is 25.9 Å². The van der Waals surface area contributed by atoms with Crippen molar-refractivity contribution in [3.8, 4) is 0 Å². The number of amides is 2. The molecule has 6 nitrogen and oxygen atoms in total. The van der Waals surface area contributed by atoms with Crippen molar-refractivity contribution >= 4 is 30.0 Å². The molecule has 26 heavy (non-hydrogen) atoms. The number of anilines is 1. The lowest BCUT2D eigenvalue weighted by Crippen LogP contribution is -2.49. The average Bonchev–Trinajstić information content (AvgIpc) is 2.96. The van der Waals surface area contributed by atoms with E-state index in [2.05, 4.69) is 9.88 Å². The predicted molar refractivity (Wildman–Crippen MR) is 105 cm³/mol. The highest BCUT2D eigenvalue weighted by atomic mass is 35.5. The summed E-state index contributed by atoms with van der Waals surface area (Å²) in [6.45, 7) is 4.71. The highest BCUT2D eigenvalue weighted by Gasteiger charge is 2.23. The molecule has 1 aromatic rings. The summed E-state index contributed by atoms with van der Waals surface area (Å²) in [7, 11) is 0. The summed E-state index contributed by atoms with van der Waals surface area (Å²) < 4.78 is 0. The third kappa shape index (κ3) is 5.59. The molecule has 7 heteroatoms. The molecule has 0 spiro atoms. The van der Waals surface area contributed by atoms with Crippen molar-refractivity contribution in [2.24, 2.45) is 0 Å². The molecule has 3 heterocycles. The molecule has 0 aliphatic carbocycles.